The zero-order chi connectivity index (χ0) is 17.2. The summed E-state index contributed by atoms with van der Waals surface area (Å²) < 4.78 is 11.5. The van der Waals surface area contributed by atoms with Crippen LogP contribution in [0.1, 0.15) is 18.2 Å². The molecule has 1 N–H and O–H groups in total. The fourth-order valence-corrected chi connectivity index (χ4v) is 3.81. The highest BCUT2D eigenvalue weighted by Crippen LogP contribution is 2.22. The summed E-state index contributed by atoms with van der Waals surface area (Å²) in [6, 6.07) is 4.03. The molecular formula is C17H29ClIN3O2S. The molecule has 5 nitrogen and oxygen atoms in total. The number of ether oxygens (including phenoxy) is 2. The molecule has 1 unspecified atom stereocenters. The predicted octanol–water partition coefficient (Wildman–Crippen LogP) is 3.51. The molecule has 25 heavy (non-hydrogen) atoms. The van der Waals surface area contributed by atoms with Crippen LogP contribution in [0.15, 0.2) is 17.1 Å². The Morgan fingerprint density at radius 2 is 2.28 bits per heavy atom. The SMILES string of the molecule is CCNC(=NCCc1ccc(Cl)s1)N1CCC(COCCOC)C1.I. The van der Waals surface area contributed by atoms with E-state index in [1.807, 2.05) is 6.07 Å². The van der Waals surface area contributed by atoms with Gasteiger partial charge < -0.3 is 19.7 Å². The van der Waals surface area contributed by atoms with Crippen LogP contribution in [0.4, 0.5) is 0 Å². The molecule has 0 saturated carbocycles. The second-order valence-electron chi connectivity index (χ2n) is 5.86. The molecule has 2 rings (SSSR count). The molecule has 1 fully saturated rings. The number of nitrogens with one attached hydrogen (secondary N) is 1. The smallest absolute Gasteiger partial charge is 0.193 e. The van der Waals surface area contributed by atoms with Crippen molar-refractivity contribution in [2.45, 2.75) is 19.8 Å². The quantitative estimate of drug-likeness (QED) is 0.243. The standard InChI is InChI=1S/C17H28ClN3O2S.HI/c1-3-19-17(20-8-6-15-4-5-16(18)24-15)21-9-7-14(12-21)13-23-11-10-22-2;/h4-5,14H,3,6-13H2,1-2H3,(H,19,20);1H. The minimum atomic E-state index is 0. The van der Waals surface area contributed by atoms with E-state index in [2.05, 4.69) is 23.2 Å². The number of methoxy groups -OCH3 is 1. The van der Waals surface area contributed by atoms with Crippen LogP contribution in [0, 0.1) is 5.92 Å². The van der Waals surface area contributed by atoms with Crippen LogP contribution in [-0.4, -0.2) is 64.0 Å². The molecule has 144 valence electrons. The summed E-state index contributed by atoms with van der Waals surface area (Å²) in [6.45, 7) is 7.94. The summed E-state index contributed by atoms with van der Waals surface area (Å²) in [5, 5.41) is 3.41. The van der Waals surface area contributed by atoms with Crippen LogP contribution in [0.25, 0.3) is 0 Å². The number of nitrogens with zero attached hydrogens (tertiary/aromatic N) is 2. The molecule has 1 aliphatic rings. The van der Waals surface area contributed by atoms with E-state index in [1.165, 1.54) is 4.88 Å². The van der Waals surface area contributed by atoms with E-state index in [-0.39, 0.29) is 24.0 Å². The molecule has 1 aromatic rings. The molecule has 1 aliphatic heterocycles. The van der Waals surface area contributed by atoms with Crippen LogP contribution >= 0.6 is 46.9 Å². The van der Waals surface area contributed by atoms with E-state index in [0.29, 0.717) is 19.1 Å². The number of likely N-dealkylation sites (tertiary alicyclic amines) is 1. The molecule has 8 heteroatoms. The third-order valence-electron chi connectivity index (χ3n) is 3.95. The van der Waals surface area contributed by atoms with Crippen LogP contribution in [0.2, 0.25) is 4.34 Å². The third kappa shape index (κ3) is 8.43. The average Bonchev–Trinajstić information content (AvgIpc) is 3.20. The Balaban J connectivity index is 0.00000312. The first-order valence-electron chi connectivity index (χ1n) is 8.57. The van der Waals surface area contributed by atoms with Crippen molar-refractivity contribution < 1.29 is 9.47 Å². The normalized spacial score (nSPS) is 17.6. The number of hydrogen-bond donors (Lipinski definition) is 1. The highest BCUT2D eigenvalue weighted by molar-refractivity contribution is 14.0. The van der Waals surface area contributed by atoms with E-state index < -0.39 is 0 Å². The van der Waals surface area contributed by atoms with Crippen molar-refractivity contribution in [3.05, 3.63) is 21.3 Å². The molecule has 2 heterocycles. The highest BCUT2D eigenvalue weighted by Gasteiger charge is 2.24. The number of rotatable bonds is 9. The zero-order valence-electron chi connectivity index (χ0n) is 15.0. The lowest BCUT2D eigenvalue weighted by atomic mass is 10.1. The van der Waals surface area contributed by atoms with Gasteiger partial charge in [-0.1, -0.05) is 11.6 Å². The van der Waals surface area contributed by atoms with Crippen molar-refractivity contribution in [2.24, 2.45) is 10.9 Å². The lowest BCUT2D eigenvalue weighted by Gasteiger charge is -2.21. The molecule has 0 aliphatic carbocycles. The molecule has 0 radical (unpaired) electrons. The minimum Gasteiger partial charge on any atom is -0.382 e. The first-order valence-corrected chi connectivity index (χ1v) is 9.76. The van der Waals surface area contributed by atoms with Gasteiger partial charge in [0.25, 0.3) is 0 Å². The lowest BCUT2D eigenvalue weighted by molar-refractivity contribution is 0.0536. The van der Waals surface area contributed by atoms with Gasteiger partial charge in [0.15, 0.2) is 5.96 Å². The minimum absolute atomic E-state index is 0. The van der Waals surface area contributed by atoms with Crippen molar-refractivity contribution in [1.82, 2.24) is 10.2 Å². The van der Waals surface area contributed by atoms with E-state index in [1.54, 1.807) is 18.4 Å². The Bertz CT molecular complexity index is 516. The van der Waals surface area contributed by atoms with Gasteiger partial charge >= 0.3 is 0 Å². The maximum absolute atomic E-state index is 5.98. The first kappa shape index (κ1) is 23.0. The summed E-state index contributed by atoms with van der Waals surface area (Å²) in [5.41, 5.74) is 0. The summed E-state index contributed by atoms with van der Waals surface area (Å²) >= 11 is 7.61. The zero-order valence-corrected chi connectivity index (χ0v) is 18.9. The predicted molar refractivity (Wildman–Crippen MR) is 117 cm³/mol. The summed E-state index contributed by atoms with van der Waals surface area (Å²) in [7, 11) is 1.70. The molecule has 1 saturated heterocycles. The van der Waals surface area contributed by atoms with Crippen LogP contribution in [0.5, 0.6) is 0 Å². The Morgan fingerprint density at radius 3 is 2.96 bits per heavy atom. The van der Waals surface area contributed by atoms with Crippen molar-refractivity contribution in [2.75, 3.05) is 53.1 Å². The van der Waals surface area contributed by atoms with Crippen molar-refractivity contribution >= 4 is 52.9 Å². The van der Waals surface area contributed by atoms with Gasteiger partial charge in [0.1, 0.15) is 0 Å². The van der Waals surface area contributed by atoms with Gasteiger partial charge in [-0.25, -0.2) is 0 Å². The van der Waals surface area contributed by atoms with Crippen LogP contribution in [-0.2, 0) is 15.9 Å². The van der Waals surface area contributed by atoms with Gasteiger partial charge in [-0.05, 0) is 25.5 Å². The third-order valence-corrected chi connectivity index (χ3v) is 5.25. The van der Waals surface area contributed by atoms with E-state index in [9.17, 15) is 0 Å². The Kier molecular flexibility index (Phi) is 12.1. The topological polar surface area (TPSA) is 46.1 Å². The molecule has 0 aromatic carbocycles. The number of aliphatic imine (C=N–C) groups is 1. The van der Waals surface area contributed by atoms with E-state index in [4.69, 9.17) is 26.1 Å². The maximum atomic E-state index is 5.98. The van der Waals surface area contributed by atoms with Crippen molar-refractivity contribution in [1.29, 1.82) is 0 Å². The fourth-order valence-electron chi connectivity index (χ4n) is 2.74. The van der Waals surface area contributed by atoms with Crippen molar-refractivity contribution in [3.63, 3.8) is 0 Å². The van der Waals surface area contributed by atoms with E-state index in [0.717, 1.165) is 55.9 Å². The largest absolute Gasteiger partial charge is 0.382 e. The van der Waals surface area contributed by atoms with Crippen molar-refractivity contribution in [3.8, 4) is 0 Å². The molecular weight excluding hydrogens is 473 g/mol. The second kappa shape index (κ2) is 13.1. The van der Waals surface area contributed by atoms with Gasteiger partial charge in [0.2, 0.25) is 0 Å². The van der Waals surface area contributed by atoms with Crippen LogP contribution < -0.4 is 5.32 Å². The number of thiophene rings is 1. The first-order chi connectivity index (χ1) is 11.7. The van der Waals surface area contributed by atoms with Gasteiger partial charge in [-0.3, -0.25) is 4.99 Å². The average molecular weight is 502 g/mol. The Morgan fingerprint density at radius 1 is 1.44 bits per heavy atom. The molecule has 0 spiro atoms. The number of hydrogen-bond acceptors (Lipinski definition) is 4. The molecule has 0 bridgehead atoms. The van der Waals surface area contributed by atoms with Gasteiger partial charge in [0.05, 0.1) is 24.2 Å². The lowest BCUT2D eigenvalue weighted by Crippen LogP contribution is -2.40. The fraction of sp³-hybridized carbons (Fsp3) is 0.706. The maximum Gasteiger partial charge on any atom is 0.193 e. The van der Waals surface area contributed by atoms with Gasteiger partial charge in [-0.15, -0.1) is 35.3 Å². The number of guanidine groups is 1. The molecule has 0 amide bonds. The second-order valence-corrected chi connectivity index (χ2v) is 7.66. The highest BCUT2D eigenvalue weighted by atomic mass is 127. The van der Waals surface area contributed by atoms with Gasteiger partial charge in [-0.2, -0.15) is 0 Å². The summed E-state index contributed by atoms with van der Waals surface area (Å²) in [6.07, 6.45) is 2.08. The van der Waals surface area contributed by atoms with Gasteiger partial charge in [0, 0.05) is 50.5 Å². The monoisotopic (exact) mass is 501 g/mol. The Hall–Kier alpha value is -0.0900. The van der Waals surface area contributed by atoms with Crippen LogP contribution in [0.3, 0.4) is 0 Å². The summed E-state index contributed by atoms with van der Waals surface area (Å²) in [5.74, 6) is 1.58. The molecule has 1 atom stereocenters. The van der Waals surface area contributed by atoms with E-state index >= 15 is 0 Å². The number of halogens is 2. The molecule has 1 aromatic heterocycles. The Labute approximate surface area is 177 Å². The summed E-state index contributed by atoms with van der Waals surface area (Å²) in [4.78, 5) is 8.40.